The molecule has 0 N–H and O–H groups in total. The Morgan fingerprint density at radius 2 is 2.17 bits per heavy atom. The van der Waals surface area contributed by atoms with Crippen molar-refractivity contribution in [3.63, 3.8) is 0 Å². The molecular weight excluding hydrogens is 179 g/mol. The van der Waals surface area contributed by atoms with Crippen molar-refractivity contribution in [1.82, 2.24) is 0 Å². The van der Waals surface area contributed by atoms with Crippen molar-refractivity contribution in [1.29, 1.82) is 0 Å². The van der Waals surface area contributed by atoms with E-state index in [0.717, 1.165) is 5.92 Å². The van der Waals surface area contributed by atoms with E-state index in [4.69, 9.17) is 0 Å². The van der Waals surface area contributed by atoms with Crippen molar-refractivity contribution in [3.05, 3.63) is 0 Å². The Balaban J connectivity index is 2.75. The van der Waals surface area contributed by atoms with E-state index >= 15 is 0 Å². The topological polar surface area (TPSA) is 0 Å². The van der Waals surface area contributed by atoms with Gasteiger partial charge in [0.15, 0.2) is 0 Å². The maximum absolute atomic E-state index is 2.30. The van der Waals surface area contributed by atoms with Crippen LogP contribution in [0.25, 0.3) is 0 Å². The van der Waals surface area contributed by atoms with E-state index in [2.05, 4.69) is 13.8 Å². The average Bonchev–Trinajstić information content (AvgIpc) is 1.65. The summed E-state index contributed by atoms with van der Waals surface area (Å²) in [5.74, 6) is 0.975. The van der Waals surface area contributed by atoms with E-state index in [1.54, 1.807) is 22.5 Å². The molecule has 0 rings (SSSR count). The number of hydrogen-bond donors (Lipinski definition) is 0. The predicted molar refractivity (Wildman–Crippen MR) is 30.0 cm³/mol. The molecule has 35 valence electrons. The van der Waals surface area contributed by atoms with Gasteiger partial charge in [-0.25, -0.2) is 0 Å². The van der Waals surface area contributed by atoms with Crippen LogP contribution in [0.3, 0.4) is 0 Å². The summed E-state index contributed by atoms with van der Waals surface area (Å²) in [6.07, 6.45) is 1.35. The van der Waals surface area contributed by atoms with Crippen molar-refractivity contribution < 1.29 is 0 Å². The van der Waals surface area contributed by atoms with Crippen LogP contribution in [0.2, 0.25) is 4.44 Å². The van der Waals surface area contributed by atoms with Gasteiger partial charge in [-0.05, 0) is 0 Å². The fraction of sp³-hybridized carbons (Fsp3) is 1.00. The van der Waals surface area contributed by atoms with E-state index in [1.165, 1.54) is 10.9 Å². The second-order valence-corrected chi connectivity index (χ2v) is 2.88. The van der Waals surface area contributed by atoms with Crippen molar-refractivity contribution in [2.45, 2.75) is 24.7 Å². The molecule has 0 aromatic heterocycles. The first kappa shape index (κ1) is 6.80. The van der Waals surface area contributed by atoms with Gasteiger partial charge in [0, 0.05) is 0 Å². The molecule has 0 aromatic rings. The van der Waals surface area contributed by atoms with Gasteiger partial charge in [-0.3, -0.25) is 0 Å². The van der Waals surface area contributed by atoms with Crippen LogP contribution in [0, 0.1) is 5.92 Å². The van der Waals surface area contributed by atoms with Crippen LogP contribution in [-0.2, 0) is 0 Å². The summed E-state index contributed by atoms with van der Waals surface area (Å²) in [7, 11) is 0. The zero-order valence-electron chi connectivity index (χ0n) is 4.49. The van der Waals surface area contributed by atoms with Gasteiger partial charge >= 0.3 is 53.1 Å². The van der Waals surface area contributed by atoms with Gasteiger partial charge in [0.1, 0.15) is 0 Å². The maximum atomic E-state index is 2.30. The molecule has 6 heavy (non-hydrogen) atoms. The molecule has 0 aromatic carbocycles. The summed E-state index contributed by atoms with van der Waals surface area (Å²) in [5, 5.41) is 0. The zero-order valence-corrected chi connectivity index (χ0v) is 7.35. The molecule has 0 amide bonds. The average molecular weight is 190 g/mol. The van der Waals surface area contributed by atoms with Crippen LogP contribution >= 0.6 is 0 Å². The molecule has 1 unspecified atom stereocenters. The Kier molecular flexibility index (Phi) is 4.50. The first-order chi connectivity index (χ1) is 2.81. The second-order valence-electron chi connectivity index (χ2n) is 1.72. The van der Waals surface area contributed by atoms with Crippen molar-refractivity contribution in [3.8, 4) is 0 Å². The normalized spacial score (nSPS) is 14.5. The Morgan fingerprint density at radius 3 is 2.17 bits per heavy atom. The minimum atomic E-state index is 0.975. The second kappa shape index (κ2) is 3.97. The number of hydrogen-bond acceptors (Lipinski definition) is 0. The molecule has 0 heterocycles. The summed E-state index contributed by atoms with van der Waals surface area (Å²) in [6, 6.07) is 0. The minimum absolute atomic E-state index is 0.975. The van der Waals surface area contributed by atoms with Crippen molar-refractivity contribution in [2.24, 2.45) is 5.92 Å². The fourth-order valence-electron chi connectivity index (χ4n) is 0.144. The summed E-state index contributed by atoms with van der Waals surface area (Å²) in [4.78, 5) is 0. The van der Waals surface area contributed by atoms with Crippen molar-refractivity contribution in [2.75, 3.05) is 0 Å². The molecule has 0 aliphatic carbocycles. The van der Waals surface area contributed by atoms with E-state index in [9.17, 15) is 0 Å². The first-order valence-electron chi connectivity index (χ1n) is 2.45. The van der Waals surface area contributed by atoms with Gasteiger partial charge in [-0.15, -0.1) is 0 Å². The molecule has 1 heteroatoms. The molecule has 0 fully saturated rings. The number of rotatable bonds is 2. The molecular formula is C5H11Sn. The third-order valence-electron chi connectivity index (χ3n) is 1.05. The monoisotopic (exact) mass is 191 g/mol. The molecule has 0 bridgehead atoms. The van der Waals surface area contributed by atoms with Crippen LogP contribution in [-0.4, -0.2) is 22.5 Å². The summed E-state index contributed by atoms with van der Waals surface area (Å²) >= 11 is 1.68. The third-order valence-corrected chi connectivity index (χ3v) is 3.03. The molecule has 0 saturated carbocycles. The Bertz CT molecular complexity index is 23.1. The molecule has 0 spiro atoms. The molecule has 0 aliphatic rings. The third kappa shape index (κ3) is 3.01. The van der Waals surface area contributed by atoms with Gasteiger partial charge in [-0.1, -0.05) is 0 Å². The molecule has 3 radical (unpaired) electrons. The predicted octanol–water partition coefficient (Wildman–Crippen LogP) is 1.62. The molecule has 0 aliphatic heterocycles. The Labute approximate surface area is 53.4 Å². The van der Waals surface area contributed by atoms with Gasteiger partial charge in [0.25, 0.3) is 0 Å². The van der Waals surface area contributed by atoms with Crippen LogP contribution in [0.1, 0.15) is 20.3 Å². The van der Waals surface area contributed by atoms with Crippen LogP contribution in [0.4, 0.5) is 0 Å². The zero-order chi connectivity index (χ0) is 4.99. The quantitative estimate of drug-likeness (QED) is 0.580. The van der Waals surface area contributed by atoms with Crippen molar-refractivity contribution >= 4 is 22.5 Å². The Morgan fingerprint density at radius 1 is 1.67 bits per heavy atom. The molecule has 1 atom stereocenters. The van der Waals surface area contributed by atoms with Gasteiger partial charge in [0.05, 0.1) is 0 Å². The van der Waals surface area contributed by atoms with E-state index in [1.807, 2.05) is 0 Å². The van der Waals surface area contributed by atoms with Crippen LogP contribution < -0.4 is 0 Å². The fourth-order valence-corrected chi connectivity index (χ4v) is 0.968. The molecule has 0 saturated heterocycles. The summed E-state index contributed by atoms with van der Waals surface area (Å²) in [6.45, 7) is 4.55. The Hall–Kier alpha value is 0.799. The van der Waals surface area contributed by atoms with Crippen LogP contribution in [0.5, 0.6) is 0 Å². The van der Waals surface area contributed by atoms with Gasteiger partial charge in [-0.2, -0.15) is 0 Å². The van der Waals surface area contributed by atoms with Gasteiger partial charge < -0.3 is 0 Å². The van der Waals surface area contributed by atoms with E-state index < -0.39 is 0 Å². The van der Waals surface area contributed by atoms with E-state index in [-0.39, 0.29) is 0 Å². The molecule has 0 nitrogen and oxygen atoms in total. The van der Waals surface area contributed by atoms with E-state index in [0.29, 0.717) is 0 Å². The standard InChI is InChI=1S/C5H11.Sn/c1-4-5(2)3;/h5H,2,4H2,1,3H3;. The SMILES string of the molecule is CCC(C)[CH2][Sn]. The van der Waals surface area contributed by atoms with Crippen LogP contribution in [0.15, 0.2) is 0 Å². The first-order valence-corrected chi connectivity index (χ1v) is 4.47. The summed E-state index contributed by atoms with van der Waals surface area (Å²) < 4.78 is 1.42. The summed E-state index contributed by atoms with van der Waals surface area (Å²) in [5.41, 5.74) is 0. The van der Waals surface area contributed by atoms with Gasteiger partial charge in [0.2, 0.25) is 0 Å².